The molecule has 100 valence electrons. The van der Waals surface area contributed by atoms with Crippen LogP contribution in [0.15, 0.2) is 0 Å². The molecule has 0 aliphatic heterocycles. The zero-order valence-corrected chi connectivity index (χ0v) is 11.2. The lowest BCUT2D eigenvalue weighted by Crippen LogP contribution is -2.40. The van der Waals surface area contributed by atoms with E-state index in [-0.39, 0.29) is 24.4 Å². The SMILES string of the molecule is CCCC(C(=O)OCC)N(C)CCC(=O)OC. The summed E-state index contributed by atoms with van der Waals surface area (Å²) in [6, 6.07) is -0.274. The first-order valence-electron chi connectivity index (χ1n) is 6.00. The van der Waals surface area contributed by atoms with Crippen LogP contribution < -0.4 is 0 Å². The van der Waals surface area contributed by atoms with E-state index in [9.17, 15) is 9.59 Å². The molecule has 5 nitrogen and oxygen atoms in total. The van der Waals surface area contributed by atoms with Crippen molar-refractivity contribution in [3.8, 4) is 0 Å². The molecule has 1 unspecified atom stereocenters. The lowest BCUT2D eigenvalue weighted by molar-refractivity contribution is -0.150. The topological polar surface area (TPSA) is 55.8 Å². The van der Waals surface area contributed by atoms with Crippen molar-refractivity contribution in [1.29, 1.82) is 0 Å². The molecule has 0 aromatic rings. The van der Waals surface area contributed by atoms with Crippen LogP contribution in [0.25, 0.3) is 0 Å². The number of carbonyl (C=O) groups is 2. The smallest absolute Gasteiger partial charge is 0.323 e. The van der Waals surface area contributed by atoms with Gasteiger partial charge in [0.05, 0.1) is 20.1 Å². The molecule has 0 radical (unpaired) electrons. The lowest BCUT2D eigenvalue weighted by atomic mass is 10.1. The average Bonchev–Trinajstić information content (AvgIpc) is 2.32. The summed E-state index contributed by atoms with van der Waals surface area (Å²) in [5.74, 6) is -0.488. The van der Waals surface area contributed by atoms with Gasteiger partial charge >= 0.3 is 11.9 Å². The molecule has 0 aromatic heterocycles. The van der Waals surface area contributed by atoms with E-state index in [1.807, 2.05) is 18.9 Å². The zero-order valence-electron chi connectivity index (χ0n) is 11.2. The molecule has 0 bridgehead atoms. The fourth-order valence-corrected chi connectivity index (χ4v) is 1.56. The van der Waals surface area contributed by atoms with Crippen molar-refractivity contribution < 1.29 is 19.1 Å². The van der Waals surface area contributed by atoms with E-state index in [0.717, 1.165) is 12.8 Å². The number of esters is 2. The van der Waals surface area contributed by atoms with Crippen LogP contribution in [0.4, 0.5) is 0 Å². The molecule has 1 atom stereocenters. The highest BCUT2D eigenvalue weighted by atomic mass is 16.5. The van der Waals surface area contributed by atoms with Crippen LogP contribution in [0.2, 0.25) is 0 Å². The summed E-state index contributed by atoms with van der Waals surface area (Å²) in [5, 5.41) is 0. The predicted octanol–water partition coefficient (Wildman–Crippen LogP) is 1.21. The van der Waals surface area contributed by atoms with Crippen molar-refractivity contribution in [3.63, 3.8) is 0 Å². The molecular formula is C12H23NO4. The first-order chi connectivity index (χ1) is 8.06. The summed E-state index contributed by atoms with van der Waals surface area (Å²) in [4.78, 5) is 24.6. The van der Waals surface area contributed by atoms with Gasteiger partial charge in [-0.3, -0.25) is 14.5 Å². The van der Waals surface area contributed by atoms with E-state index in [4.69, 9.17) is 4.74 Å². The first kappa shape index (κ1) is 15.9. The van der Waals surface area contributed by atoms with E-state index in [2.05, 4.69) is 4.74 Å². The van der Waals surface area contributed by atoms with Gasteiger partial charge in [0.1, 0.15) is 6.04 Å². The Morgan fingerprint density at radius 1 is 1.29 bits per heavy atom. The Labute approximate surface area is 103 Å². The van der Waals surface area contributed by atoms with Crippen LogP contribution >= 0.6 is 0 Å². The minimum Gasteiger partial charge on any atom is -0.469 e. The quantitative estimate of drug-likeness (QED) is 0.602. The molecule has 0 N–H and O–H groups in total. The van der Waals surface area contributed by atoms with Crippen LogP contribution in [0, 0.1) is 0 Å². The Balaban J connectivity index is 4.27. The van der Waals surface area contributed by atoms with E-state index < -0.39 is 0 Å². The minimum atomic E-state index is -0.274. The molecule has 17 heavy (non-hydrogen) atoms. The number of rotatable bonds is 8. The highest BCUT2D eigenvalue weighted by molar-refractivity contribution is 5.76. The number of hydrogen-bond donors (Lipinski definition) is 0. The summed E-state index contributed by atoms with van der Waals surface area (Å²) >= 11 is 0. The van der Waals surface area contributed by atoms with E-state index in [1.54, 1.807) is 6.92 Å². The second kappa shape index (κ2) is 8.98. The Morgan fingerprint density at radius 3 is 2.41 bits per heavy atom. The molecule has 0 saturated carbocycles. The van der Waals surface area contributed by atoms with Gasteiger partial charge in [0, 0.05) is 6.54 Å². The van der Waals surface area contributed by atoms with Crippen LogP contribution in [0.3, 0.4) is 0 Å². The molecule has 5 heteroatoms. The van der Waals surface area contributed by atoms with Crippen LogP contribution in [0.1, 0.15) is 33.1 Å². The van der Waals surface area contributed by atoms with Crippen molar-refractivity contribution in [1.82, 2.24) is 4.90 Å². The average molecular weight is 245 g/mol. The Bertz CT molecular complexity index is 243. The van der Waals surface area contributed by atoms with Gasteiger partial charge < -0.3 is 9.47 Å². The van der Waals surface area contributed by atoms with E-state index >= 15 is 0 Å². The number of ether oxygens (including phenoxy) is 2. The molecule has 0 aromatic carbocycles. The number of methoxy groups -OCH3 is 1. The first-order valence-corrected chi connectivity index (χ1v) is 6.00. The monoisotopic (exact) mass is 245 g/mol. The number of likely N-dealkylation sites (N-methyl/N-ethyl adjacent to an activating group) is 1. The van der Waals surface area contributed by atoms with Gasteiger partial charge in [-0.05, 0) is 20.4 Å². The second-order valence-corrected chi connectivity index (χ2v) is 3.86. The summed E-state index contributed by atoms with van der Waals surface area (Å²) in [7, 11) is 3.18. The molecule has 0 saturated heterocycles. The third-order valence-electron chi connectivity index (χ3n) is 2.55. The van der Waals surface area contributed by atoms with Crippen LogP contribution in [-0.2, 0) is 19.1 Å². The predicted molar refractivity (Wildman–Crippen MR) is 64.6 cm³/mol. The van der Waals surface area contributed by atoms with Gasteiger partial charge in [0.15, 0.2) is 0 Å². The molecule has 0 amide bonds. The van der Waals surface area contributed by atoms with E-state index in [0.29, 0.717) is 13.2 Å². The highest BCUT2D eigenvalue weighted by Gasteiger charge is 2.23. The largest absolute Gasteiger partial charge is 0.469 e. The Morgan fingerprint density at radius 2 is 1.94 bits per heavy atom. The molecule has 0 spiro atoms. The van der Waals surface area contributed by atoms with Crippen molar-refractivity contribution in [2.24, 2.45) is 0 Å². The van der Waals surface area contributed by atoms with Gasteiger partial charge in [-0.2, -0.15) is 0 Å². The standard InChI is InChI=1S/C12H23NO4/c1-5-7-10(12(15)17-6-2)13(3)9-8-11(14)16-4/h10H,5-9H2,1-4H3. The fraction of sp³-hybridized carbons (Fsp3) is 0.833. The van der Waals surface area contributed by atoms with Crippen molar-refractivity contribution in [2.75, 3.05) is 27.3 Å². The van der Waals surface area contributed by atoms with Gasteiger partial charge in [-0.1, -0.05) is 13.3 Å². The number of carbonyl (C=O) groups excluding carboxylic acids is 2. The van der Waals surface area contributed by atoms with Gasteiger partial charge in [0.25, 0.3) is 0 Å². The number of nitrogens with zero attached hydrogens (tertiary/aromatic N) is 1. The molecule has 0 aliphatic carbocycles. The fourth-order valence-electron chi connectivity index (χ4n) is 1.56. The molecule has 0 heterocycles. The third kappa shape index (κ3) is 6.26. The van der Waals surface area contributed by atoms with Gasteiger partial charge in [-0.25, -0.2) is 0 Å². The Kier molecular flexibility index (Phi) is 8.40. The van der Waals surface area contributed by atoms with Gasteiger partial charge in [0.2, 0.25) is 0 Å². The maximum atomic E-state index is 11.7. The zero-order chi connectivity index (χ0) is 13.3. The second-order valence-electron chi connectivity index (χ2n) is 3.86. The molecular weight excluding hydrogens is 222 g/mol. The maximum absolute atomic E-state index is 11.7. The summed E-state index contributed by atoms with van der Waals surface area (Å²) in [5.41, 5.74) is 0. The van der Waals surface area contributed by atoms with Gasteiger partial charge in [-0.15, -0.1) is 0 Å². The van der Waals surface area contributed by atoms with Crippen molar-refractivity contribution >= 4 is 11.9 Å². The molecule has 0 fully saturated rings. The molecule has 0 rings (SSSR count). The lowest BCUT2D eigenvalue weighted by Gasteiger charge is -2.25. The van der Waals surface area contributed by atoms with Crippen molar-refractivity contribution in [3.05, 3.63) is 0 Å². The normalized spacial score (nSPS) is 12.3. The van der Waals surface area contributed by atoms with E-state index in [1.165, 1.54) is 7.11 Å². The Hall–Kier alpha value is -1.10. The summed E-state index contributed by atoms with van der Waals surface area (Å²) in [6.45, 7) is 4.68. The van der Waals surface area contributed by atoms with Crippen LogP contribution in [-0.4, -0.2) is 50.2 Å². The maximum Gasteiger partial charge on any atom is 0.323 e. The van der Waals surface area contributed by atoms with Crippen molar-refractivity contribution in [2.45, 2.75) is 39.2 Å². The molecule has 0 aliphatic rings. The van der Waals surface area contributed by atoms with Crippen LogP contribution in [0.5, 0.6) is 0 Å². The summed E-state index contributed by atoms with van der Waals surface area (Å²) < 4.78 is 9.58. The highest BCUT2D eigenvalue weighted by Crippen LogP contribution is 2.08. The number of hydrogen-bond acceptors (Lipinski definition) is 5. The summed E-state index contributed by atoms with van der Waals surface area (Å²) in [6.07, 6.45) is 1.91. The minimum absolute atomic E-state index is 0.221. The third-order valence-corrected chi connectivity index (χ3v) is 2.55.